The largest absolute Gasteiger partial charge is 0.466 e. The molecule has 2 bridgehead atoms. The molecule has 0 amide bonds. The van der Waals surface area contributed by atoms with Gasteiger partial charge >= 0.3 is 5.97 Å². The zero-order chi connectivity index (χ0) is 37.5. The van der Waals surface area contributed by atoms with Crippen molar-refractivity contribution in [3.63, 3.8) is 0 Å². The van der Waals surface area contributed by atoms with E-state index in [9.17, 15) is 4.79 Å². The number of pyridine rings is 1. The lowest BCUT2D eigenvalue weighted by molar-refractivity contribution is -0.155. The Balaban J connectivity index is 1.15. The minimum atomic E-state index is -1.00. The third kappa shape index (κ3) is 5.07. The lowest BCUT2D eigenvalue weighted by Gasteiger charge is -2.47. The zero-order valence-corrected chi connectivity index (χ0v) is 31.1. The molecule has 2 unspecified atom stereocenters. The summed E-state index contributed by atoms with van der Waals surface area (Å²) in [7, 11) is 0. The Bertz CT molecular complexity index is 2510. The normalized spacial score (nSPS) is 24.0. The molecule has 10 heteroatoms. The summed E-state index contributed by atoms with van der Waals surface area (Å²) >= 11 is 0. The molecule has 5 fully saturated rings. The molecule has 4 aromatic heterocycles. The van der Waals surface area contributed by atoms with Gasteiger partial charge in [-0.3, -0.25) is 4.79 Å². The third-order valence-corrected chi connectivity index (χ3v) is 13.1. The van der Waals surface area contributed by atoms with Crippen LogP contribution in [0.5, 0.6) is 0 Å². The molecule has 5 saturated carbocycles. The van der Waals surface area contributed by atoms with Gasteiger partial charge in [0.05, 0.1) is 24.1 Å². The molecule has 12 rings (SSSR count). The molecule has 0 spiro atoms. The van der Waals surface area contributed by atoms with Gasteiger partial charge in [0.15, 0.2) is 11.5 Å². The van der Waals surface area contributed by atoms with Crippen LogP contribution in [0.2, 0.25) is 0 Å². The van der Waals surface area contributed by atoms with Gasteiger partial charge in [0.2, 0.25) is 5.82 Å². The molecule has 5 aliphatic rings. The smallest absolute Gasteiger partial charge is 0.311 e. The van der Waals surface area contributed by atoms with E-state index >= 15 is 4.39 Å². The van der Waals surface area contributed by atoms with Gasteiger partial charge in [-0.2, -0.15) is 5.10 Å². The standard InChI is InChI=1S/C46H42FN7O2/c1-2-56-45(55)39-32-20-21-33(35-25-34(32)35)40(39)49-42-38-23-22-37(27-18-19-27)53(38)52-43(50-42)41-36-24-31(47)26-48-44(36)54(51-41)46(28-12-6-3-7-13-28,29-14-8-4-9-15-29)30-16-10-5-11-17-30/h3-17,22-24,26-27,32-35,39-40H,2,18-21,25H2,1H3,(H,49,50,52)/t32-,33+,34?,35?,39+,40+/m0/s1. The number of hydrogen-bond acceptors (Lipinski definition) is 7. The van der Waals surface area contributed by atoms with Gasteiger partial charge in [-0.05, 0) is 97.6 Å². The highest BCUT2D eigenvalue weighted by molar-refractivity contribution is 5.90. The summed E-state index contributed by atoms with van der Waals surface area (Å²) in [5.74, 6) is 2.47. The number of nitrogens with one attached hydrogen (secondary N) is 1. The van der Waals surface area contributed by atoms with E-state index in [1.807, 2.05) is 70.7 Å². The van der Waals surface area contributed by atoms with Crippen molar-refractivity contribution in [3.8, 4) is 11.5 Å². The van der Waals surface area contributed by atoms with Crippen LogP contribution >= 0.6 is 0 Å². The molecule has 7 aromatic rings. The Morgan fingerprint density at radius 3 is 2.11 bits per heavy atom. The number of nitrogens with zero attached hydrogens (tertiary/aromatic N) is 6. The minimum absolute atomic E-state index is 0.113. The predicted molar refractivity (Wildman–Crippen MR) is 211 cm³/mol. The summed E-state index contributed by atoms with van der Waals surface area (Å²) in [6.45, 7) is 2.24. The van der Waals surface area contributed by atoms with E-state index in [0.717, 1.165) is 53.6 Å². The van der Waals surface area contributed by atoms with Crippen LogP contribution < -0.4 is 5.32 Å². The molecule has 0 saturated heterocycles. The lowest BCUT2D eigenvalue weighted by atomic mass is 9.61. The average molecular weight is 744 g/mol. The SMILES string of the molecule is CCOC(=O)[C@H]1[C@H](Nc2nc(-c3nn(C(c4ccccc4)(c4ccccc4)c4ccccc4)c4ncc(F)cc34)nn3c(C4CC4)ccc23)[C@@H]2CC[C@H]1C1CC12. The fourth-order valence-electron chi connectivity index (χ4n) is 10.6. The molecule has 5 aliphatic carbocycles. The van der Waals surface area contributed by atoms with E-state index in [4.69, 9.17) is 24.9 Å². The number of hydrogen-bond donors (Lipinski definition) is 1. The number of halogens is 1. The van der Waals surface area contributed by atoms with Crippen molar-refractivity contribution in [3.05, 3.63) is 144 Å². The monoisotopic (exact) mass is 743 g/mol. The van der Waals surface area contributed by atoms with E-state index < -0.39 is 11.4 Å². The van der Waals surface area contributed by atoms with Gasteiger partial charge in [0.25, 0.3) is 0 Å². The number of carbonyl (C=O) groups excluding carboxylic acids is 1. The van der Waals surface area contributed by atoms with Gasteiger partial charge in [-0.15, -0.1) is 5.10 Å². The number of fused-ring (bicyclic) bond motifs is 4. The lowest BCUT2D eigenvalue weighted by Crippen LogP contribution is -2.53. The molecule has 280 valence electrons. The Kier molecular flexibility index (Phi) is 7.66. The van der Waals surface area contributed by atoms with Crippen LogP contribution in [0.3, 0.4) is 0 Å². The third-order valence-electron chi connectivity index (χ3n) is 13.1. The van der Waals surface area contributed by atoms with Crippen molar-refractivity contribution in [2.45, 2.75) is 56.5 Å². The maximum Gasteiger partial charge on any atom is 0.311 e. The molecule has 9 nitrogen and oxygen atoms in total. The van der Waals surface area contributed by atoms with Crippen molar-refractivity contribution in [1.82, 2.24) is 29.4 Å². The topological polar surface area (TPSA) is 99.2 Å². The Labute approximate surface area is 324 Å². The first kappa shape index (κ1) is 33.4. The first-order valence-corrected chi connectivity index (χ1v) is 20.1. The fraction of sp³-hybridized carbons (Fsp3) is 0.326. The molecule has 0 aliphatic heterocycles. The van der Waals surface area contributed by atoms with E-state index in [0.29, 0.717) is 64.6 Å². The van der Waals surface area contributed by atoms with Crippen LogP contribution in [0.15, 0.2) is 115 Å². The second kappa shape index (κ2) is 12.8. The second-order valence-electron chi connectivity index (χ2n) is 16.1. The van der Waals surface area contributed by atoms with Crippen LogP contribution in [-0.4, -0.2) is 48.0 Å². The Morgan fingerprint density at radius 1 is 0.821 bits per heavy atom. The molecule has 6 atom stereocenters. The number of aromatic nitrogens is 6. The number of carbonyl (C=O) groups is 1. The summed E-state index contributed by atoms with van der Waals surface area (Å²) < 4.78 is 25.1. The molecule has 0 radical (unpaired) electrons. The van der Waals surface area contributed by atoms with Crippen molar-refractivity contribution in [1.29, 1.82) is 0 Å². The first-order chi connectivity index (χ1) is 27.5. The van der Waals surface area contributed by atoms with Crippen molar-refractivity contribution < 1.29 is 13.9 Å². The van der Waals surface area contributed by atoms with E-state index in [1.54, 1.807) is 0 Å². The van der Waals surface area contributed by atoms with Crippen molar-refractivity contribution in [2.75, 3.05) is 11.9 Å². The van der Waals surface area contributed by atoms with E-state index in [2.05, 4.69) is 53.8 Å². The van der Waals surface area contributed by atoms with Crippen LogP contribution in [0.25, 0.3) is 28.1 Å². The summed E-state index contributed by atoms with van der Waals surface area (Å²) in [6.07, 6.45) is 6.76. The number of esters is 1. The molecule has 56 heavy (non-hydrogen) atoms. The first-order valence-electron chi connectivity index (χ1n) is 20.1. The van der Waals surface area contributed by atoms with Crippen molar-refractivity contribution >= 4 is 28.3 Å². The average Bonchev–Trinajstić information content (AvgIpc) is 4.17. The minimum Gasteiger partial charge on any atom is -0.466 e. The van der Waals surface area contributed by atoms with Crippen LogP contribution in [0.4, 0.5) is 10.2 Å². The Morgan fingerprint density at radius 2 is 1.46 bits per heavy atom. The van der Waals surface area contributed by atoms with Gasteiger partial charge < -0.3 is 10.1 Å². The molecule has 4 heterocycles. The van der Waals surface area contributed by atoms with Crippen molar-refractivity contribution in [2.24, 2.45) is 29.6 Å². The summed E-state index contributed by atoms with van der Waals surface area (Å²) in [4.78, 5) is 23.7. The van der Waals surface area contributed by atoms with Crippen LogP contribution in [0, 0.1) is 35.4 Å². The van der Waals surface area contributed by atoms with E-state index in [1.165, 1.54) is 18.7 Å². The van der Waals surface area contributed by atoms with Crippen LogP contribution in [-0.2, 0) is 15.1 Å². The highest BCUT2D eigenvalue weighted by atomic mass is 19.1. The molecular weight excluding hydrogens is 702 g/mol. The zero-order valence-electron chi connectivity index (χ0n) is 31.1. The van der Waals surface area contributed by atoms with Gasteiger partial charge in [0, 0.05) is 17.7 Å². The number of anilines is 1. The summed E-state index contributed by atoms with van der Waals surface area (Å²) in [5, 5.41) is 15.0. The predicted octanol–water partition coefficient (Wildman–Crippen LogP) is 8.63. The summed E-state index contributed by atoms with van der Waals surface area (Å²) in [5.41, 5.74) is 4.79. The quantitative estimate of drug-likeness (QED) is 0.111. The highest BCUT2D eigenvalue weighted by Gasteiger charge is 2.63. The molecule has 3 aromatic carbocycles. The van der Waals surface area contributed by atoms with E-state index in [-0.39, 0.29) is 17.9 Å². The molecular formula is C46H42FN7O2. The number of rotatable bonds is 10. The second-order valence-corrected chi connectivity index (χ2v) is 16.1. The maximum atomic E-state index is 15.5. The number of benzene rings is 3. The fourth-order valence-corrected chi connectivity index (χ4v) is 10.6. The summed E-state index contributed by atoms with van der Waals surface area (Å²) in [6, 6.07) is 36.4. The van der Waals surface area contributed by atoms with Crippen LogP contribution in [0.1, 0.15) is 67.3 Å². The molecule has 1 N–H and O–H groups in total. The Hall–Kier alpha value is -5.90. The highest BCUT2D eigenvalue weighted by Crippen LogP contribution is 2.64. The number of ether oxygens (including phenoxy) is 1. The maximum absolute atomic E-state index is 15.5. The van der Waals surface area contributed by atoms with Gasteiger partial charge in [-0.25, -0.2) is 23.6 Å². The van der Waals surface area contributed by atoms with Gasteiger partial charge in [0.1, 0.15) is 22.6 Å². The van der Waals surface area contributed by atoms with Gasteiger partial charge in [-0.1, -0.05) is 91.0 Å².